The minimum Gasteiger partial charge on any atom is -0.508 e. The Balaban J connectivity index is 1.48. The Hall–Kier alpha value is -4.35. The Kier molecular flexibility index (Phi) is 6.01. The summed E-state index contributed by atoms with van der Waals surface area (Å²) in [5, 5.41) is 9.73. The van der Waals surface area contributed by atoms with E-state index in [2.05, 4.69) is 48.5 Å². The number of aromatic hydroxyl groups is 1. The summed E-state index contributed by atoms with van der Waals surface area (Å²) in [6, 6.07) is 38.2. The van der Waals surface area contributed by atoms with Crippen molar-refractivity contribution < 1.29 is 13.5 Å². The Morgan fingerprint density at radius 3 is 1.92 bits per heavy atom. The SMILES string of the molecule is CCC1c2ccccc2-c2cc(-c3ccc(-c4ccccc4)cc3)ccc2N1S(=O)(=O)c1ccc(O)cc1. The molecule has 5 heteroatoms. The Labute approximate surface area is 223 Å². The fourth-order valence-electron chi connectivity index (χ4n) is 5.35. The number of hydrogen-bond donors (Lipinski definition) is 1. The van der Waals surface area contributed by atoms with E-state index in [1.807, 2.05) is 55.5 Å². The van der Waals surface area contributed by atoms with E-state index in [-0.39, 0.29) is 16.7 Å². The molecule has 0 aromatic heterocycles. The van der Waals surface area contributed by atoms with Gasteiger partial charge in [0, 0.05) is 5.56 Å². The molecule has 1 aliphatic heterocycles. The van der Waals surface area contributed by atoms with Gasteiger partial charge in [-0.1, -0.05) is 91.9 Å². The van der Waals surface area contributed by atoms with Crippen molar-refractivity contribution in [1.29, 1.82) is 0 Å². The molecule has 1 unspecified atom stereocenters. The molecule has 0 saturated heterocycles. The first-order valence-corrected chi connectivity index (χ1v) is 14.1. The molecule has 4 nitrogen and oxygen atoms in total. The average molecular weight is 518 g/mol. The highest BCUT2D eigenvalue weighted by atomic mass is 32.2. The Bertz CT molecular complexity index is 1710. The van der Waals surface area contributed by atoms with Gasteiger partial charge < -0.3 is 5.11 Å². The van der Waals surface area contributed by atoms with Crippen molar-refractivity contribution in [1.82, 2.24) is 0 Å². The number of hydrogen-bond acceptors (Lipinski definition) is 3. The van der Waals surface area contributed by atoms with Gasteiger partial charge in [0.15, 0.2) is 0 Å². The van der Waals surface area contributed by atoms with Crippen LogP contribution in [-0.2, 0) is 10.0 Å². The van der Waals surface area contributed by atoms with Gasteiger partial charge in [-0.3, -0.25) is 4.31 Å². The lowest BCUT2D eigenvalue weighted by Crippen LogP contribution is -2.37. The van der Waals surface area contributed by atoms with Gasteiger partial charge in [-0.2, -0.15) is 0 Å². The number of anilines is 1. The fourth-order valence-corrected chi connectivity index (χ4v) is 7.07. The third-order valence-electron chi connectivity index (χ3n) is 7.23. The highest BCUT2D eigenvalue weighted by Crippen LogP contribution is 2.49. The zero-order valence-corrected chi connectivity index (χ0v) is 21.8. The molecule has 0 bridgehead atoms. The number of benzene rings is 5. The van der Waals surface area contributed by atoms with Crippen LogP contribution in [0.4, 0.5) is 5.69 Å². The Morgan fingerprint density at radius 1 is 0.658 bits per heavy atom. The minimum absolute atomic E-state index is 0.0308. The van der Waals surface area contributed by atoms with Gasteiger partial charge >= 0.3 is 0 Å². The molecule has 188 valence electrons. The van der Waals surface area contributed by atoms with Crippen LogP contribution in [0.25, 0.3) is 33.4 Å². The molecule has 1 N–H and O–H groups in total. The average Bonchev–Trinajstić information content (AvgIpc) is 2.97. The van der Waals surface area contributed by atoms with Crippen molar-refractivity contribution in [3.8, 4) is 39.1 Å². The zero-order valence-electron chi connectivity index (χ0n) is 21.0. The smallest absolute Gasteiger partial charge is 0.264 e. The molecule has 0 spiro atoms. The molecule has 1 atom stereocenters. The molecule has 1 heterocycles. The third kappa shape index (κ3) is 4.05. The predicted molar refractivity (Wildman–Crippen MR) is 154 cm³/mol. The van der Waals surface area contributed by atoms with E-state index in [0.717, 1.165) is 33.4 Å². The fraction of sp³-hybridized carbons (Fsp3) is 0.0909. The molecule has 0 aliphatic carbocycles. The van der Waals surface area contributed by atoms with Crippen molar-refractivity contribution in [2.45, 2.75) is 24.3 Å². The lowest BCUT2D eigenvalue weighted by Gasteiger charge is -2.39. The second-order valence-electron chi connectivity index (χ2n) is 9.48. The van der Waals surface area contributed by atoms with Crippen molar-refractivity contribution in [3.05, 3.63) is 127 Å². The maximum absolute atomic E-state index is 14.0. The van der Waals surface area contributed by atoms with Gasteiger partial charge in [0.25, 0.3) is 10.0 Å². The first-order valence-electron chi connectivity index (χ1n) is 12.7. The van der Waals surface area contributed by atoms with E-state index in [9.17, 15) is 13.5 Å². The number of rotatable bonds is 5. The standard InChI is InChI=1S/C33H27NO3S/c1-2-32-30-11-7-6-10-29(30)31-22-26(25-14-12-24(13-15-25)23-8-4-3-5-9-23)16-21-33(31)34(32)38(36,37)28-19-17-27(35)18-20-28/h3-22,32,35H,2H2,1H3. The predicted octanol–water partition coefficient (Wildman–Crippen LogP) is 8.05. The molecule has 38 heavy (non-hydrogen) atoms. The lowest BCUT2D eigenvalue weighted by molar-refractivity contribution is 0.474. The molecule has 0 fully saturated rings. The Morgan fingerprint density at radius 2 is 1.24 bits per heavy atom. The van der Waals surface area contributed by atoms with Crippen LogP contribution in [0.1, 0.15) is 24.9 Å². The summed E-state index contributed by atoms with van der Waals surface area (Å²) in [6.07, 6.45) is 0.621. The van der Waals surface area contributed by atoms with Gasteiger partial charge in [0.1, 0.15) is 5.75 Å². The summed E-state index contributed by atoms with van der Waals surface area (Å²) in [7, 11) is -3.89. The summed E-state index contributed by atoms with van der Waals surface area (Å²) in [5.74, 6) is 0.0308. The number of phenols is 1. The summed E-state index contributed by atoms with van der Waals surface area (Å²) in [4.78, 5) is 0.152. The van der Waals surface area contributed by atoms with Gasteiger partial charge in [0.2, 0.25) is 0 Å². The molecule has 5 aromatic rings. The number of phenolic OH excluding ortho intramolecular Hbond substituents is 1. The van der Waals surface area contributed by atoms with Crippen LogP contribution in [0.5, 0.6) is 5.75 Å². The summed E-state index contributed by atoms with van der Waals surface area (Å²) in [6.45, 7) is 2.01. The number of sulfonamides is 1. The summed E-state index contributed by atoms with van der Waals surface area (Å²) in [5.41, 5.74) is 7.99. The maximum atomic E-state index is 14.0. The van der Waals surface area contributed by atoms with E-state index in [0.29, 0.717) is 12.1 Å². The van der Waals surface area contributed by atoms with Crippen LogP contribution in [0, 0.1) is 0 Å². The second kappa shape index (κ2) is 9.51. The number of nitrogens with zero attached hydrogens (tertiary/aromatic N) is 1. The lowest BCUT2D eigenvalue weighted by atomic mass is 9.87. The highest BCUT2D eigenvalue weighted by Gasteiger charge is 2.38. The third-order valence-corrected chi connectivity index (χ3v) is 9.07. The van der Waals surface area contributed by atoms with Crippen LogP contribution < -0.4 is 4.31 Å². The van der Waals surface area contributed by atoms with Gasteiger partial charge in [-0.15, -0.1) is 0 Å². The molecule has 6 rings (SSSR count). The maximum Gasteiger partial charge on any atom is 0.264 e. The van der Waals surface area contributed by atoms with Crippen molar-refractivity contribution in [2.75, 3.05) is 4.31 Å². The quantitative estimate of drug-likeness (QED) is 0.257. The minimum atomic E-state index is -3.89. The van der Waals surface area contributed by atoms with E-state index < -0.39 is 10.0 Å². The van der Waals surface area contributed by atoms with Gasteiger partial charge in [0.05, 0.1) is 16.6 Å². The highest BCUT2D eigenvalue weighted by molar-refractivity contribution is 7.92. The summed E-state index contributed by atoms with van der Waals surface area (Å²) >= 11 is 0. The van der Waals surface area contributed by atoms with Gasteiger partial charge in [-0.05, 0) is 76.2 Å². The van der Waals surface area contributed by atoms with E-state index in [4.69, 9.17) is 0 Å². The van der Waals surface area contributed by atoms with E-state index >= 15 is 0 Å². The molecule has 0 saturated carbocycles. The van der Waals surface area contributed by atoms with E-state index in [1.165, 1.54) is 29.8 Å². The monoisotopic (exact) mass is 517 g/mol. The molecular formula is C33H27NO3S. The number of fused-ring (bicyclic) bond motifs is 3. The molecule has 0 radical (unpaired) electrons. The van der Waals surface area contributed by atoms with Crippen LogP contribution >= 0.6 is 0 Å². The normalized spacial score (nSPS) is 14.6. The van der Waals surface area contributed by atoms with Crippen molar-refractivity contribution in [2.24, 2.45) is 0 Å². The topological polar surface area (TPSA) is 57.6 Å². The first kappa shape index (κ1) is 24.0. The summed E-state index contributed by atoms with van der Waals surface area (Å²) < 4.78 is 29.6. The largest absolute Gasteiger partial charge is 0.508 e. The molecular weight excluding hydrogens is 490 g/mol. The van der Waals surface area contributed by atoms with Crippen molar-refractivity contribution >= 4 is 15.7 Å². The first-order chi connectivity index (χ1) is 18.5. The van der Waals surface area contributed by atoms with Crippen LogP contribution in [0.3, 0.4) is 0 Å². The molecule has 1 aliphatic rings. The molecule has 0 amide bonds. The van der Waals surface area contributed by atoms with Crippen LogP contribution in [-0.4, -0.2) is 13.5 Å². The molecule has 5 aromatic carbocycles. The zero-order chi connectivity index (χ0) is 26.3. The van der Waals surface area contributed by atoms with Crippen molar-refractivity contribution in [3.63, 3.8) is 0 Å². The van der Waals surface area contributed by atoms with Gasteiger partial charge in [-0.25, -0.2) is 8.42 Å². The van der Waals surface area contributed by atoms with Crippen LogP contribution in [0.15, 0.2) is 126 Å². The second-order valence-corrected chi connectivity index (χ2v) is 11.3. The van der Waals surface area contributed by atoms with Crippen LogP contribution in [0.2, 0.25) is 0 Å². The van der Waals surface area contributed by atoms with E-state index in [1.54, 1.807) is 4.31 Å².